The Kier molecular flexibility index (Phi) is 7.84. The van der Waals surface area contributed by atoms with E-state index in [-0.39, 0.29) is 52.0 Å². The molecule has 11 nitrogen and oxygen atoms in total. The number of carbonyl (C=O) groups is 4. The summed E-state index contributed by atoms with van der Waals surface area (Å²) in [6.45, 7) is 1.68. The molecule has 2 aliphatic carbocycles. The van der Waals surface area contributed by atoms with Crippen LogP contribution in [0.15, 0.2) is 66.2 Å². The first kappa shape index (κ1) is 32.8. The molecule has 3 aromatic rings. The van der Waals surface area contributed by atoms with Crippen LogP contribution in [0.25, 0.3) is 0 Å². The number of hydrogen-bond acceptors (Lipinski definition) is 9. The lowest BCUT2D eigenvalue weighted by atomic mass is 9.51. The Hall–Kier alpha value is -4.72. The standard InChI is InChI=1S/C35H31BClFN2O9/c1-35-23(32(43)40(34(35)45)19-7-10-25(38)24(37)14-19)15-22-20(29(35)16-11-26(48-2)30(41)27(12-16)49-3)8-9-21-28(22)33(44)39(31(21)42)18-6-4-5-17(13-18)36(46)47/h4-8,10-14,21-23,28-29,41,46-47H,9,15H2,1-3H3/t21-,22+,23-,28-,29-,35+/m0/s1. The summed E-state index contributed by atoms with van der Waals surface area (Å²) in [6, 6.07) is 12.6. The number of methoxy groups -OCH3 is 2. The molecule has 252 valence electrons. The molecule has 0 unspecified atom stereocenters. The highest BCUT2D eigenvalue weighted by Gasteiger charge is 2.67. The van der Waals surface area contributed by atoms with Gasteiger partial charge in [-0.05, 0) is 79.2 Å². The van der Waals surface area contributed by atoms with E-state index in [9.17, 15) is 38.7 Å². The highest BCUT2D eigenvalue weighted by molar-refractivity contribution is 6.58. The van der Waals surface area contributed by atoms with Crippen LogP contribution in [0, 0.1) is 34.9 Å². The Balaban J connectivity index is 1.39. The number of carbonyl (C=O) groups excluding carboxylic acids is 4. The molecule has 3 aromatic carbocycles. The van der Waals surface area contributed by atoms with E-state index in [1.165, 1.54) is 50.6 Å². The van der Waals surface area contributed by atoms with Gasteiger partial charge in [-0.2, -0.15) is 0 Å². The van der Waals surface area contributed by atoms with Crippen LogP contribution in [0.2, 0.25) is 5.02 Å². The molecule has 7 rings (SSSR count). The maximum Gasteiger partial charge on any atom is 0.488 e. The predicted octanol–water partition coefficient (Wildman–Crippen LogP) is 3.32. The maximum atomic E-state index is 14.6. The number of phenols is 1. The van der Waals surface area contributed by atoms with Gasteiger partial charge in [-0.15, -0.1) is 0 Å². The first-order valence-electron chi connectivity index (χ1n) is 15.7. The van der Waals surface area contributed by atoms with Crippen molar-refractivity contribution in [1.82, 2.24) is 0 Å². The number of hydrogen-bond donors (Lipinski definition) is 3. The third kappa shape index (κ3) is 4.70. The van der Waals surface area contributed by atoms with E-state index in [2.05, 4.69) is 0 Å². The molecule has 3 fully saturated rings. The molecule has 0 aromatic heterocycles. The molecule has 2 aliphatic heterocycles. The van der Waals surface area contributed by atoms with Crippen LogP contribution >= 0.6 is 11.6 Å². The third-order valence-electron chi connectivity index (χ3n) is 10.7. The van der Waals surface area contributed by atoms with Crippen molar-refractivity contribution in [2.24, 2.45) is 29.1 Å². The van der Waals surface area contributed by atoms with E-state index in [4.69, 9.17) is 21.1 Å². The van der Waals surface area contributed by atoms with Crippen molar-refractivity contribution < 1.29 is 48.2 Å². The summed E-state index contributed by atoms with van der Waals surface area (Å²) in [5, 5.41) is 30.0. The van der Waals surface area contributed by atoms with Crippen LogP contribution in [0.4, 0.5) is 15.8 Å². The lowest BCUT2D eigenvalue weighted by Gasteiger charge is -2.49. The molecule has 6 atom stereocenters. The lowest BCUT2D eigenvalue weighted by molar-refractivity contribution is -0.131. The summed E-state index contributed by atoms with van der Waals surface area (Å²) in [5.74, 6) is -7.07. The minimum absolute atomic E-state index is 0.0601. The van der Waals surface area contributed by atoms with Gasteiger partial charge in [0.15, 0.2) is 11.5 Å². The van der Waals surface area contributed by atoms with Crippen molar-refractivity contribution in [3.63, 3.8) is 0 Å². The second-order valence-corrected chi connectivity index (χ2v) is 13.4. The summed E-state index contributed by atoms with van der Waals surface area (Å²) in [5.41, 5.74) is 0.108. The Bertz CT molecular complexity index is 1960. The molecule has 0 bridgehead atoms. The highest BCUT2D eigenvalue weighted by atomic mass is 35.5. The van der Waals surface area contributed by atoms with Crippen LogP contribution in [0.5, 0.6) is 17.2 Å². The molecule has 14 heteroatoms. The molecular weight excluding hydrogens is 658 g/mol. The molecular formula is C35H31BClFN2O9. The number of benzene rings is 3. The Morgan fingerprint density at radius 3 is 2.20 bits per heavy atom. The number of allylic oxidation sites excluding steroid dienone is 2. The van der Waals surface area contributed by atoms with Crippen molar-refractivity contribution in [2.75, 3.05) is 24.0 Å². The fraction of sp³-hybridized carbons (Fsp3) is 0.314. The monoisotopic (exact) mass is 688 g/mol. The van der Waals surface area contributed by atoms with Crippen molar-refractivity contribution in [1.29, 1.82) is 0 Å². The smallest absolute Gasteiger partial charge is 0.488 e. The number of aromatic hydroxyl groups is 1. The summed E-state index contributed by atoms with van der Waals surface area (Å²) >= 11 is 6.08. The number of phenolic OH excluding ortho intramolecular Hbond substituents is 1. The minimum Gasteiger partial charge on any atom is -0.502 e. The van der Waals surface area contributed by atoms with Crippen molar-refractivity contribution >= 4 is 59.2 Å². The van der Waals surface area contributed by atoms with Gasteiger partial charge in [-0.25, -0.2) is 9.29 Å². The molecule has 4 aliphatic rings. The number of nitrogens with zero attached hydrogens (tertiary/aromatic N) is 2. The molecule has 2 saturated heterocycles. The first-order chi connectivity index (χ1) is 23.3. The normalized spacial score (nSPS) is 27.5. The average molecular weight is 689 g/mol. The quantitative estimate of drug-likeness (QED) is 0.201. The van der Waals surface area contributed by atoms with Gasteiger partial charge < -0.3 is 24.6 Å². The fourth-order valence-electron chi connectivity index (χ4n) is 8.43. The zero-order valence-corrected chi connectivity index (χ0v) is 27.3. The van der Waals surface area contributed by atoms with Gasteiger partial charge in [0.1, 0.15) is 5.82 Å². The molecule has 3 N–H and O–H groups in total. The average Bonchev–Trinajstić information content (AvgIpc) is 3.45. The van der Waals surface area contributed by atoms with Crippen molar-refractivity contribution in [2.45, 2.75) is 25.7 Å². The van der Waals surface area contributed by atoms with E-state index in [0.29, 0.717) is 11.1 Å². The zero-order valence-electron chi connectivity index (χ0n) is 26.6. The number of fused-ring (bicyclic) bond motifs is 4. The molecule has 1 saturated carbocycles. The highest BCUT2D eigenvalue weighted by Crippen LogP contribution is 2.64. The van der Waals surface area contributed by atoms with Crippen LogP contribution in [0.3, 0.4) is 0 Å². The fourth-order valence-corrected chi connectivity index (χ4v) is 8.60. The van der Waals surface area contributed by atoms with E-state index in [1.807, 2.05) is 6.08 Å². The minimum atomic E-state index is -1.82. The summed E-state index contributed by atoms with van der Waals surface area (Å²) in [7, 11) is 0.913. The van der Waals surface area contributed by atoms with Gasteiger partial charge >= 0.3 is 7.12 Å². The Morgan fingerprint density at radius 2 is 1.57 bits per heavy atom. The molecule has 0 radical (unpaired) electrons. The molecule has 2 heterocycles. The van der Waals surface area contributed by atoms with Crippen LogP contribution in [-0.2, 0) is 19.2 Å². The lowest BCUT2D eigenvalue weighted by Crippen LogP contribution is -2.48. The van der Waals surface area contributed by atoms with Crippen LogP contribution in [0.1, 0.15) is 31.2 Å². The Morgan fingerprint density at radius 1 is 0.898 bits per heavy atom. The van der Waals surface area contributed by atoms with Gasteiger partial charge in [0.2, 0.25) is 29.4 Å². The van der Waals surface area contributed by atoms with Crippen molar-refractivity contribution in [3.8, 4) is 17.2 Å². The van der Waals surface area contributed by atoms with Crippen LogP contribution in [-0.4, -0.2) is 60.1 Å². The number of ether oxygens (including phenoxy) is 2. The number of amides is 4. The zero-order chi connectivity index (χ0) is 35.1. The largest absolute Gasteiger partial charge is 0.502 e. The van der Waals surface area contributed by atoms with E-state index >= 15 is 0 Å². The maximum absolute atomic E-state index is 14.6. The Labute approximate surface area is 285 Å². The topological polar surface area (TPSA) is 154 Å². The van der Waals surface area contributed by atoms with E-state index in [1.54, 1.807) is 19.1 Å². The second-order valence-electron chi connectivity index (χ2n) is 13.0. The second kappa shape index (κ2) is 11.7. The van der Waals surface area contributed by atoms with E-state index < -0.39 is 71.6 Å². The number of halogens is 2. The van der Waals surface area contributed by atoms with Crippen LogP contribution < -0.4 is 24.7 Å². The van der Waals surface area contributed by atoms with Crippen molar-refractivity contribution in [3.05, 3.63) is 82.6 Å². The number of imide groups is 2. The number of rotatable bonds is 6. The molecule has 0 spiro atoms. The molecule has 49 heavy (non-hydrogen) atoms. The molecule has 4 amide bonds. The SMILES string of the molecule is COc1cc([C@H]2C3=CC[C@@H]4C(=O)N(c5cccc(B(O)O)c5)C(=O)[C@@H]4[C@@H]3C[C@H]3C(=O)N(c4ccc(F)c(Cl)c4)C(=O)[C@@]23C)cc(OC)c1O. The summed E-state index contributed by atoms with van der Waals surface area (Å²) in [4.78, 5) is 59.3. The van der Waals surface area contributed by atoms with Gasteiger partial charge in [0.25, 0.3) is 0 Å². The van der Waals surface area contributed by atoms with Gasteiger partial charge in [-0.1, -0.05) is 35.4 Å². The summed E-state index contributed by atoms with van der Waals surface area (Å²) < 4.78 is 25.1. The van der Waals surface area contributed by atoms with Gasteiger partial charge in [0.05, 0.1) is 53.8 Å². The van der Waals surface area contributed by atoms with E-state index in [0.717, 1.165) is 15.9 Å². The first-order valence-corrected chi connectivity index (χ1v) is 16.0. The van der Waals surface area contributed by atoms with Gasteiger partial charge in [-0.3, -0.25) is 24.1 Å². The third-order valence-corrected chi connectivity index (χ3v) is 11.0. The number of anilines is 2. The predicted molar refractivity (Wildman–Crippen MR) is 176 cm³/mol. The summed E-state index contributed by atoms with van der Waals surface area (Å²) in [6.07, 6.45) is 2.09. The van der Waals surface area contributed by atoms with Gasteiger partial charge in [0, 0.05) is 5.92 Å².